The van der Waals surface area contributed by atoms with Gasteiger partial charge in [0.05, 0.1) is 22.0 Å². The average molecular weight is 485 g/mol. The number of phenolic OH excluding ortho intramolecular Hbond substituents is 1. The third-order valence-corrected chi connectivity index (χ3v) is 6.98. The van der Waals surface area contributed by atoms with E-state index in [4.69, 9.17) is 5.41 Å². The van der Waals surface area contributed by atoms with Gasteiger partial charge in [-0.2, -0.15) is 0 Å². The number of carbonyl (C=O) groups is 2. The normalized spacial score (nSPS) is 17.1. The molecule has 1 aromatic heterocycles. The lowest BCUT2D eigenvalue weighted by Crippen LogP contribution is -2.48. The summed E-state index contributed by atoms with van der Waals surface area (Å²) in [5.41, 5.74) is 4.26. The lowest BCUT2D eigenvalue weighted by Gasteiger charge is -2.29. The van der Waals surface area contributed by atoms with E-state index >= 15 is 0 Å². The molecule has 0 aliphatic carbocycles. The number of aryl methyl sites for hydroxylation is 1. The van der Waals surface area contributed by atoms with E-state index in [0.717, 1.165) is 16.1 Å². The molecule has 1 saturated heterocycles. The molecule has 1 unspecified atom stereocenters. The van der Waals surface area contributed by atoms with Crippen LogP contribution in [-0.2, 0) is 16.1 Å². The first-order chi connectivity index (χ1) is 16.1. The van der Waals surface area contributed by atoms with Crippen LogP contribution in [0, 0.1) is 24.2 Å². The fraction of sp³-hybridized carbons (Fsp3) is 0.440. The number of aliphatic hydroxyl groups excluding tert-OH is 1. The van der Waals surface area contributed by atoms with Gasteiger partial charge in [-0.25, -0.2) is 4.98 Å². The fourth-order valence-electron chi connectivity index (χ4n) is 4.28. The zero-order valence-corrected chi connectivity index (χ0v) is 20.8. The van der Waals surface area contributed by atoms with Gasteiger partial charge in [0.1, 0.15) is 17.6 Å². The Balaban J connectivity index is 1.69. The molecule has 1 aliphatic rings. The number of benzene rings is 1. The van der Waals surface area contributed by atoms with Crippen molar-refractivity contribution >= 4 is 28.9 Å². The largest absolute Gasteiger partial charge is 0.511 e. The number of phenols is 1. The van der Waals surface area contributed by atoms with Crippen LogP contribution in [0.3, 0.4) is 0 Å². The summed E-state index contributed by atoms with van der Waals surface area (Å²) in [5.74, 6) is -1.66. The van der Waals surface area contributed by atoms with Gasteiger partial charge in [0.15, 0.2) is 0 Å². The Hall–Kier alpha value is -3.20. The Kier molecular flexibility index (Phi) is 8.09. The molecule has 2 atom stereocenters. The van der Waals surface area contributed by atoms with Gasteiger partial charge in [-0.05, 0) is 50.3 Å². The van der Waals surface area contributed by atoms with Crippen LogP contribution in [0.4, 0.5) is 0 Å². The molecule has 2 amide bonds. The Bertz CT molecular complexity index is 1110. The number of aromatic hydroxyl groups is 1. The minimum atomic E-state index is -0.805. The minimum absolute atomic E-state index is 0.0851. The molecule has 9 heteroatoms. The highest BCUT2D eigenvalue weighted by Crippen LogP contribution is 2.31. The molecule has 0 saturated carbocycles. The molecule has 8 nitrogen and oxygen atoms in total. The number of thiazole rings is 1. The van der Waals surface area contributed by atoms with Gasteiger partial charge in [-0.15, -0.1) is 11.3 Å². The van der Waals surface area contributed by atoms with E-state index in [0.29, 0.717) is 24.9 Å². The number of hydrogen-bond donors (Lipinski definition) is 4. The summed E-state index contributed by atoms with van der Waals surface area (Å²) < 4.78 is 0. The molecule has 1 aliphatic heterocycles. The predicted octanol–water partition coefficient (Wildman–Crippen LogP) is 4.19. The standard InChI is InChI=1S/C25H32N4O4S/c1-14(2)22(21(31)10-15(3)26)25(33)29-9-5-6-19(29)24(32)27-12-18-8-7-17(11-20(18)30)23-16(4)28-13-34-23/h7-8,10-11,13-14,19,22,26,30-31H,5-6,9,12H2,1-4H3,(H,27,32)/b21-10-,26-15?/t19-,22?/m0/s1. The number of aromatic nitrogens is 1. The smallest absolute Gasteiger partial charge is 0.243 e. The molecule has 1 aromatic carbocycles. The number of likely N-dealkylation sites (tertiary alicyclic amines) is 1. The average Bonchev–Trinajstić information content (AvgIpc) is 3.41. The highest BCUT2D eigenvalue weighted by molar-refractivity contribution is 7.13. The second kappa shape index (κ2) is 10.8. The monoisotopic (exact) mass is 484 g/mol. The second-order valence-electron chi connectivity index (χ2n) is 8.99. The highest BCUT2D eigenvalue weighted by atomic mass is 32.1. The van der Waals surface area contributed by atoms with Gasteiger partial charge in [-0.3, -0.25) is 9.59 Å². The first-order valence-corrected chi connectivity index (χ1v) is 12.2. The van der Waals surface area contributed by atoms with Crippen LogP contribution in [0.5, 0.6) is 5.75 Å². The van der Waals surface area contributed by atoms with Crippen molar-refractivity contribution in [3.63, 3.8) is 0 Å². The molecule has 0 spiro atoms. The number of hydrogen-bond acceptors (Lipinski definition) is 7. The van der Waals surface area contributed by atoms with E-state index in [1.807, 2.05) is 26.8 Å². The van der Waals surface area contributed by atoms with E-state index in [9.17, 15) is 19.8 Å². The van der Waals surface area contributed by atoms with Crippen LogP contribution in [-0.4, -0.2) is 50.2 Å². The lowest BCUT2D eigenvalue weighted by atomic mass is 9.91. The molecule has 0 radical (unpaired) electrons. The maximum absolute atomic E-state index is 13.3. The van der Waals surface area contributed by atoms with Gasteiger partial charge >= 0.3 is 0 Å². The zero-order chi connectivity index (χ0) is 25.0. The number of amides is 2. The van der Waals surface area contributed by atoms with Crippen molar-refractivity contribution < 1.29 is 19.8 Å². The molecule has 0 bridgehead atoms. The third kappa shape index (κ3) is 5.64. The van der Waals surface area contributed by atoms with Crippen LogP contribution >= 0.6 is 11.3 Å². The van der Waals surface area contributed by atoms with E-state index in [1.54, 1.807) is 17.6 Å². The maximum atomic E-state index is 13.3. The first kappa shape index (κ1) is 25.4. The second-order valence-corrected chi connectivity index (χ2v) is 9.85. The molecule has 2 heterocycles. The Labute approximate surface area is 203 Å². The molecule has 3 rings (SSSR count). The Morgan fingerprint density at radius 1 is 1.38 bits per heavy atom. The van der Waals surface area contributed by atoms with E-state index in [2.05, 4.69) is 10.3 Å². The SMILES string of the molecule is CC(=N)/C=C(\O)C(C(=O)N1CCC[C@H]1C(=O)NCc1ccc(-c2scnc2C)cc1O)C(C)C. The van der Waals surface area contributed by atoms with Crippen molar-refractivity contribution in [2.45, 2.75) is 53.1 Å². The summed E-state index contributed by atoms with van der Waals surface area (Å²) in [5, 5.41) is 31.4. The highest BCUT2D eigenvalue weighted by Gasteiger charge is 2.39. The summed E-state index contributed by atoms with van der Waals surface area (Å²) >= 11 is 1.50. The number of allylic oxidation sites excluding steroid dienone is 1. The van der Waals surface area contributed by atoms with E-state index in [-0.39, 0.29) is 41.5 Å². The summed E-state index contributed by atoms with van der Waals surface area (Å²) in [6, 6.07) is 4.70. The van der Waals surface area contributed by atoms with Gasteiger partial charge in [0.2, 0.25) is 11.8 Å². The molecule has 4 N–H and O–H groups in total. The van der Waals surface area contributed by atoms with E-state index < -0.39 is 12.0 Å². The number of carbonyl (C=O) groups excluding carboxylic acids is 2. The first-order valence-electron chi connectivity index (χ1n) is 11.4. The molecule has 2 aromatic rings. The van der Waals surface area contributed by atoms with Crippen molar-refractivity contribution in [3.05, 3.63) is 46.8 Å². The topological polar surface area (TPSA) is 127 Å². The molecule has 182 valence electrons. The number of nitrogens with zero attached hydrogens (tertiary/aromatic N) is 2. The fourth-order valence-corrected chi connectivity index (χ4v) is 5.08. The lowest BCUT2D eigenvalue weighted by molar-refractivity contribution is -0.142. The van der Waals surface area contributed by atoms with Crippen LogP contribution in [0.1, 0.15) is 44.9 Å². The quantitative estimate of drug-likeness (QED) is 0.330. The third-order valence-electron chi connectivity index (χ3n) is 6.00. The summed E-state index contributed by atoms with van der Waals surface area (Å²) in [7, 11) is 0. The Morgan fingerprint density at radius 2 is 2.12 bits per heavy atom. The summed E-state index contributed by atoms with van der Waals surface area (Å²) in [6.07, 6.45) is 2.51. The molecular weight excluding hydrogens is 452 g/mol. The van der Waals surface area contributed by atoms with Crippen molar-refractivity contribution in [3.8, 4) is 16.2 Å². The van der Waals surface area contributed by atoms with Crippen molar-refractivity contribution in [2.24, 2.45) is 11.8 Å². The number of nitrogens with one attached hydrogen (secondary N) is 2. The maximum Gasteiger partial charge on any atom is 0.243 e. The number of rotatable bonds is 8. The van der Waals surface area contributed by atoms with Gasteiger partial charge in [0.25, 0.3) is 0 Å². The van der Waals surface area contributed by atoms with Crippen molar-refractivity contribution in [2.75, 3.05) is 6.54 Å². The van der Waals surface area contributed by atoms with Crippen molar-refractivity contribution in [1.82, 2.24) is 15.2 Å². The van der Waals surface area contributed by atoms with Crippen LogP contribution in [0.2, 0.25) is 0 Å². The molecular formula is C25H32N4O4S. The molecule has 34 heavy (non-hydrogen) atoms. The van der Waals surface area contributed by atoms with E-state index in [1.165, 1.54) is 29.2 Å². The molecule has 1 fully saturated rings. The van der Waals surface area contributed by atoms with Gasteiger partial charge < -0.3 is 25.8 Å². The minimum Gasteiger partial charge on any atom is -0.511 e. The summed E-state index contributed by atoms with van der Waals surface area (Å²) in [6.45, 7) is 7.68. The van der Waals surface area contributed by atoms with Crippen LogP contribution in [0.15, 0.2) is 35.5 Å². The Morgan fingerprint density at radius 3 is 2.71 bits per heavy atom. The van der Waals surface area contributed by atoms with Crippen LogP contribution in [0.25, 0.3) is 10.4 Å². The number of aliphatic hydroxyl groups is 1. The van der Waals surface area contributed by atoms with Crippen molar-refractivity contribution in [1.29, 1.82) is 5.41 Å². The van der Waals surface area contributed by atoms with Gasteiger partial charge in [0, 0.05) is 24.4 Å². The predicted molar refractivity (Wildman–Crippen MR) is 133 cm³/mol. The summed E-state index contributed by atoms with van der Waals surface area (Å²) in [4.78, 5) is 33.0. The van der Waals surface area contributed by atoms with Gasteiger partial charge in [-0.1, -0.05) is 26.0 Å². The van der Waals surface area contributed by atoms with Crippen LogP contribution < -0.4 is 5.32 Å². The zero-order valence-electron chi connectivity index (χ0n) is 20.0.